The van der Waals surface area contributed by atoms with Gasteiger partial charge in [0.15, 0.2) is 0 Å². The molecule has 0 aliphatic rings. The predicted molar refractivity (Wildman–Crippen MR) is 87.4 cm³/mol. The maximum Gasteiger partial charge on any atom is 0.128 e. The van der Waals surface area contributed by atoms with Gasteiger partial charge in [-0.1, -0.05) is 45.4 Å². The van der Waals surface area contributed by atoms with Crippen LogP contribution < -0.4 is 5.73 Å². The zero-order chi connectivity index (χ0) is 15.3. The summed E-state index contributed by atoms with van der Waals surface area (Å²) in [5.41, 5.74) is 9.30. The normalized spacial score (nSPS) is 10.3. The van der Waals surface area contributed by atoms with E-state index in [1.807, 2.05) is 32.2 Å². The van der Waals surface area contributed by atoms with Crippen molar-refractivity contribution in [3.8, 4) is 0 Å². The number of nitrogens with zero attached hydrogens (tertiary/aromatic N) is 2. The minimum atomic E-state index is 0.426. The quantitative estimate of drug-likeness (QED) is 0.897. The second-order valence-corrected chi connectivity index (χ2v) is 5.22. The number of halogens is 1. The van der Waals surface area contributed by atoms with Crippen LogP contribution in [0.3, 0.4) is 0 Å². The van der Waals surface area contributed by atoms with Crippen molar-refractivity contribution in [1.82, 2.24) is 9.55 Å². The molecule has 0 atom stereocenters. The highest BCUT2D eigenvalue weighted by molar-refractivity contribution is 6.31. The van der Waals surface area contributed by atoms with Crippen LogP contribution in [-0.2, 0) is 6.54 Å². The van der Waals surface area contributed by atoms with Crippen LogP contribution in [0.25, 0.3) is 0 Å². The molecule has 2 rings (SSSR count). The van der Waals surface area contributed by atoms with Gasteiger partial charge in [0, 0.05) is 23.7 Å². The number of hydrogen-bond donors (Lipinski definition) is 1. The monoisotopic (exact) mass is 293 g/mol. The van der Waals surface area contributed by atoms with Crippen molar-refractivity contribution in [3.63, 3.8) is 0 Å². The van der Waals surface area contributed by atoms with Gasteiger partial charge < -0.3 is 10.3 Å². The SMILES string of the molecule is CC.Cc1c(Cl)cn(Cc2cccnc2N)c1C(C)C. The molecule has 0 aliphatic carbocycles. The lowest BCUT2D eigenvalue weighted by Gasteiger charge is -2.14. The molecule has 20 heavy (non-hydrogen) atoms. The maximum atomic E-state index is 6.22. The topological polar surface area (TPSA) is 43.8 Å². The Kier molecular flexibility index (Phi) is 6.08. The summed E-state index contributed by atoms with van der Waals surface area (Å²) in [6.45, 7) is 11.1. The largest absolute Gasteiger partial charge is 0.383 e. The van der Waals surface area contributed by atoms with Gasteiger partial charge in [0.1, 0.15) is 5.82 Å². The molecule has 0 bridgehead atoms. The van der Waals surface area contributed by atoms with E-state index in [9.17, 15) is 0 Å². The van der Waals surface area contributed by atoms with Crippen molar-refractivity contribution < 1.29 is 0 Å². The van der Waals surface area contributed by atoms with Crippen LogP contribution in [0.5, 0.6) is 0 Å². The molecule has 0 unspecified atom stereocenters. The molecule has 2 heterocycles. The molecule has 2 aromatic heterocycles. The molecule has 0 saturated carbocycles. The van der Waals surface area contributed by atoms with Gasteiger partial charge in [0.05, 0.1) is 11.6 Å². The molecule has 110 valence electrons. The summed E-state index contributed by atoms with van der Waals surface area (Å²) >= 11 is 6.22. The third-order valence-electron chi connectivity index (χ3n) is 3.13. The molecule has 0 fully saturated rings. The van der Waals surface area contributed by atoms with Gasteiger partial charge >= 0.3 is 0 Å². The zero-order valence-electron chi connectivity index (χ0n) is 12.9. The van der Waals surface area contributed by atoms with E-state index in [0.717, 1.165) is 16.1 Å². The van der Waals surface area contributed by atoms with Crippen molar-refractivity contribution in [1.29, 1.82) is 0 Å². The summed E-state index contributed by atoms with van der Waals surface area (Å²) in [5, 5.41) is 0.807. The minimum absolute atomic E-state index is 0.426. The van der Waals surface area contributed by atoms with E-state index in [0.29, 0.717) is 18.3 Å². The lowest BCUT2D eigenvalue weighted by Crippen LogP contribution is -2.08. The Bertz CT molecular complexity index is 559. The number of rotatable bonds is 3. The highest BCUT2D eigenvalue weighted by Crippen LogP contribution is 2.28. The Balaban J connectivity index is 0.000000956. The van der Waals surface area contributed by atoms with E-state index < -0.39 is 0 Å². The Hall–Kier alpha value is -1.48. The van der Waals surface area contributed by atoms with E-state index in [1.54, 1.807) is 6.20 Å². The van der Waals surface area contributed by atoms with E-state index in [4.69, 9.17) is 17.3 Å². The number of aromatic nitrogens is 2. The van der Waals surface area contributed by atoms with Crippen molar-refractivity contribution in [3.05, 3.63) is 46.4 Å². The predicted octanol–water partition coefficient (Wildman–Crippen LogP) is 4.63. The molecular formula is C16H24ClN3. The molecular weight excluding hydrogens is 270 g/mol. The van der Waals surface area contributed by atoms with E-state index in [1.165, 1.54) is 5.69 Å². The first-order valence-electron chi connectivity index (χ1n) is 7.05. The number of pyridine rings is 1. The molecule has 3 nitrogen and oxygen atoms in total. The maximum absolute atomic E-state index is 6.22. The van der Waals surface area contributed by atoms with Crippen LogP contribution in [0.2, 0.25) is 5.02 Å². The van der Waals surface area contributed by atoms with Gasteiger partial charge in [0.25, 0.3) is 0 Å². The number of nitrogens with two attached hydrogens (primary N) is 1. The van der Waals surface area contributed by atoms with Crippen molar-refractivity contribution in [2.45, 2.75) is 47.1 Å². The fourth-order valence-electron chi connectivity index (χ4n) is 2.30. The third-order valence-corrected chi connectivity index (χ3v) is 3.52. The first-order chi connectivity index (χ1) is 9.50. The van der Waals surface area contributed by atoms with Gasteiger partial charge in [-0.05, 0) is 24.5 Å². The Morgan fingerprint density at radius 1 is 1.35 bits per heavy atom. The second kappa shape index (κ2) is 7.34. The third kappa shape index (κ3) is 3.54. The first kappa shape index (κ1) is 16.6. The summed E-state index contributed by atoms with van der Waals surface area (Å²) in [4.78, 5) is 4.11. The Morgan fingerprint density at radius 3 is 2.55 bits per heavy atom. The molecule has 0 aromatic carbocycles. The smallest absolute Gasteiger partial charge is 0.128 e. The van der Waals surface area contributed by atoms with Gasteiger partial charge in [-0.3, -0.25) is 0 Å². The standard InChI is InChI=1S/C14H18ClN3.C2H6/c1-9(2)13-10(3)12(15)8-18(13)7-11-5-4-6-17-14(11)16;1-2/h4-6,8-9H,7H2,1-3H3,(H2,16,17);1-2H3. The van der Waals surface area contributed by atoms with Crippen molar-refractivity contribution in [2.75, 3.05) is 5.73 Å². The van der Waals surface area contributed by atoms with Crippen molar-refractivity contribution in [2.24, 2.45) is 0 Å². The molecule has 0 aliphatic heterocycles. The molecule has 0 saturated heterocycles. The first-order valence-corrected chi connectivity index (χ1v) is 7.43. The van der Waals surface area contributed by atoms with E-state index in [2.05, 4.69) is 30.3 Å². The fraction of sp³-hybridized carbons (Fsp3) is 0.438. The Morgan fingerprint density at radius 2 is 2.00 bits per heavy atom. The summed E-state index contributed by atoms with van der Waals surface area (Å²) in [5.74, 6) is 1.00. The van der Waals surface area contributed by atoms with Gasteiger partial charge in [-0.25, -0.2) is 4.98 Å². The van der Waals surface area contributed by atoms with Crippen molar-refractivity contribution >= 4 is 17.4 Å². The van der Waals surface area contributed by atoms with Crippen LogP contribution in [0.1, 0.15) is 50.4 Å². The molecule has 2 N–H and O–H groups in total. The molecule has 2 aromatic rings. The molecule has 0 radical (unpaired) electrons. The highest BCUT2D eigenvalue weighted by Gasteiger charge is 2.14. The summed E-state index contributed by atoms with van der Waals surface area (Å²) in [6, 6.07) is 3.90. The van der Waals surface area contributed by atoms with Crippen LogP contribution in [0.4, 0.5) is 5.82 Å². The average molecular weight is 294 g/mol. The Labute approximate surface area is 126 Å². The van der Waals surface area contributed by atoms with Gasteiger partial charge in [0.2, 0.25) is 0 Å². The second-order valence-electron chi connectivity index (χ2n) is 4.82. The summed E-state index contributed by atoms with van der Waals surface area (Å²) in [7, 11) is 0. The average Bonchev–Trinajstić information content (AvgIpc) is 2.70. The number of hydrogen-bond acceptors (Lipinski definition) is 2. The lowest BCUT2D eigenvalue weighted by atomic mass is 10.1. The minimum Gasteiger partial charge on any atom is -0.383 e. The highest BCUT2D eigenvalue weighted by atomic mass is 35.5. The molecule has 0 amide bonds. The lowest BCUT2D eigenvalue weighted by molar-refractivity contribution is 0.688. The summed E-state index contributed by atoms with van der Waals surface area (Å²) in [6.07, 6.45) is 3.68. The van der Waals surface area contributed by atoms with Crippen LogP contribution in [0, 0.1) is 6.92 Å². The van der Waals surface area contributed by atoms with Crippen LogP contribution in [-0.4, -0.2) is 9.55 Å². The fourth-order valence-corrected chi connectivity index (χ4v) is 2.52. The summed E-state index contributed by atoms with van der Waals surface area (Å²) < 4.78 is 2.16. The van der Waals surface area contributed by atoms with E-state index >= 15 is 0 Å². The van der Waals surface area contributed by atoms with Crippen LogP contribution in [0.15, 0.2) is 24.5 Å². The molecule has 0 spiro atoms. The zero-order valence-corrected chi connectivity index (χ0v) is 13.7. The molecule has 4 heteroatoms. The number of anilines is 1. The van der Waals surface area contributed by atoms with E-state index in [-0.39, 0.29) is 0 Å². The number of nitrogen functional groups attached to an aromatic ring is 1. The van der Waals surface area contributed by atoms with Gasteiger partial charge in [-0.15, -0.1) is 0 Å². The van der Waals surface area contributed by atoms with Crippen LogP contribution >= 0.6 is 11.6 Å². The van der Waals surface area contributed by atoms with Gasteiger partial charge in [-0.2, -0.15) is 0 Å².